The maximum atomic E-state index is 12.2. The highest BCUT2D eigenvalue weighted by molar-refractivity contribution is 6.32. The van der Waals surface area contributed by atoms with Gasteiger partial charge in [0.1, 0.15) is 11.7 Å². The van der Waals surface area contributed by atoms with Gasteiger partial charge in [-0.2, -0.15) is 5.10 Å². The highest BCUT2D eigenvalue weighted by Crippen LogP contribution is 2.34. The lowest BCUT2D eigenvalue weighted by Gasteiger charge is -2.11. The minimum Gasteiger partial charge on any atom is -0.503 e. The van der Waals surface area contributed by atoms with Gasteiger partial charge in [0.2, 0.25) is 5.91 Å². The van der Waals surface area contributed by atoms with Crippen molar-refractivity contribution in [3.05, 3.63) is 47.0 Å². The third kappa shape index (κ3) is 6.11. The zero-order valence-corrected chi connectivity index (χ0v) is 17.0. The number of anilines is 1. The Balaban J connectivity index is 1.95. The number of nitrogens with zero attached hydrogens (tertiary/aromatic N) is 1. The minimum absolute atomic E-state index is 0.0935. The van der Waals surface area contributed by atoms with Gasteiger partial charge in [-0.15, -0.1) is 0 Å². The van der Waals surface area contributed by atoms with E-state index in [9.17, 15) is 14.7 Å². The van der Waals surface area contributed by atoms with Gasteiger partial charge in [0.25, 0.3) is 5.91 Å². The number of carbonyl (C=O) groups excluding carboxylic acids is 2. The zero-order valence-electron chi connectivity index (χ0n) is 16.2. The summed E-state index contributed by atoms with van der Waals surface area (Å²) >= 11 is 5.94. The molecular formula is C20H22ClN3O5. The van der Waals surface area contributed by atoms with Crippen molar-refractivity contribution < 1.29 is 24.2 Å². The van der Waals surface area contributed by atoms with Gasteiger partial charge in [-0.05, 0) is 55.8 Å². The quantitative estimate of drug-likeness (QED) is 0.346. The van der Waals surface area contributed by atoms with E-state index in [2.05, 4.69) is 15.8 Å². The topological polar surface area (TPSA) is 109 Å². The van der Waals surface area contributed by atoms with Crippen molar-refractivity contribution in [1.29, 1.82) is 0 Å². The molecule has 29 heavy (non-hydrogen) atoms. The Morgan fingerprint density at radius 2 is 1.93 bits per heavy atom. The molecule has 0 saturated carbocycles. The van der Waals surface area contributed by atoms with Gasteiger partial charge in [-0.25, -0.2) is 5.43 Å². The fourth-order valence-electron chi connectivity index (χ4n) is 2.25. The summed E-state index contributed by atoms with van der Waals surface area (Å²) in [7, 11) is 1.55. The highest BCUT2D eigenvalue weighted by atomic mass is 35.5. The van der Waals surface area contributed by atoms with E-state index in [0.717, 1.165) is 0 Å². The Bertz CT molecular complexity index is 900. The first-order valence-electron chi connectivity index (χ1n) is 8.78. The van der Waals surface area contributed by atoms with Crippen LogP contribution in [0.5, 0.6) is 17.2 Å². The smallest absolute Gasteiger partial charge is 0.252 e. The number of nitrogens with one attached hydrogen (secondary N) is 2. The summed E-state index contributed by atoms with van der Waals surface area (Å²) in [6.45, 7) is 3.59. The summed E-state index contributed by atoms with van der Waals surface area (Å²) in [5.41, 5.74) is 3.35. The van der Waals surface area contributed by atoms with Gasteiger partial charge >= 0.3 is 0 Å². The van der Waals surface area contributed by atoms with E-state index < -0.39 is 17.7 Å². The number of ether oxygens (including phenoxy) is 2. The van der Waals surface area contributed by atoms with Crippen LogP contribution >= 0.6 is 11.6 Å². The van der Waals surface area contributed by atoms with Crippen LogP contribution in [0.3, 0.4) is 0 Å². The lowest BCUT2D eigenvalue weighted by Crippen LogP contribution is -2.34. The molecule has 0 spiro atoms. The van der Waals surface area contributed by atoms with Crippen LogP contribution < -0.4 is 20.2 Å². The molecule has 1 unspecified atom stereocenters. The molecule has 2 aromatic carbocycles. The Kier molecular flexibility index (Phi) is 7.85. The van der Waals surface area contributed by atoms with Gasteiger partial charge in [-0.1, -0.05) is 11.6 Å². The van der Waals surface area contributed by atoms with Crippen LogP contribution in [0.4, 0.5) is 5.69 Å². The van der Waals surface area contributed by atoms with Crippen molar-refractivity contribution in [3.8, 4) is 17.2 Å². The van der Waals surface area contributed by atoms with E-state index in [0.29, 0.717) is 23.6 Å². The van der Waals surface area contributed by atoms with Crippen molar-refractivity contribution in [2.75, 3.05) is 19.0 Å². The molecular weight excluding hydrogens is 398 g/mol. The number of carbonyl (C=O) groups is 2. The van der Waals surface area contributed by atoms with Crippen molar-refractivity contribution in [1.82, 2.24) is 5.43 Å². The number of halogens is 1. The molecule has 0 bridgehead atoms. The number of hydrazone groups is 1. The summed E-state index contributed by atoms with van der Waals surface area (Å²) in [5, 5.41) is 16.4. The highest BCUT2D eigenvalue weighted by Gasteiger charge is 2.21. The second-order valence-electron chi connectivity index (χ2n) is 5.96. The molecule has 0 aromatic heterocycles. The SMILES string of the molecule is CCOc1cc(/C=N/NC(=O)C(C)C(=O)Nc2ccc(OC)cc2)cc(Cl)c1O. The first-order valence-corrected chi connectivity index (χ1v) is 9.16. The molecule has 8 nitrogen and oxygen atoms in total. The maximum absolute atomic E-state index is 12.2. The Morgan fingerprint density at radius 3 is 2.55 bits per heavy atom. The Morgan fingerprint density at radius 1 is 1.24 bits per heavy atom. The second kappa shape index (κ2) is 10.3. The number of hydrogen-bond donors (Lipinski definition) is 3. The standard InChI is InChI=1S/C20H22ClN3O5/c1-4-29-17-10-13(9-16(21)18(17)25)11-22-24-20(27)12(2)19(26)23-14-5-7-15(28-3)8-6-14/h5-12,25H,4H2,1-3H3,(H,23,26)(H,24,27)/b22-11+. The average molecular weight is 420 g/mol. The number of aromatic hydroxyl groups is 1. The van der Waals surface area contributed by atoms with Crippen LogP contribution in [0.25, 0.3) is 0 Å². The average Bonchev–Trinajstić information content (AvgIpc) is 2.71. The summed E-state index contributed by atoms with van der Waals surface area (Å²) < 4.78 is 10.3. The minimum atomic E-state index is -0.975. The second-order valence-corrected chi connectivity index (χ2v) is 6.36. The third-order valence-corrected chi connectivity index (χ3v) is 4.17. The van der Waals surface area contributed by atoms with E-state index in [4.69, 9.17) is 21.1 Å². The summed E-state index contributed by atoms with van der Waals surface area (Å²) in [6, 6.07) is 9.73. The monoisotopic (exact) mass is 419 g/mol. The molecule has 0 fully saturated rings. The van der Waals surface area contributed by atoms with E-state index in [1.807, 2.05) is 0 Å². The molecule has 2 aromatic rings. The van der Waals surface area contributed by atoms with Crippen LogP contribution in [0, 0.1) is 5.92 Å². The predicted octanol–water partition coefficient (Wildman–Crippen LogP) is 3.18. The number of rotatable bonds is 8. The first kappa shape index (κ1) is 22.0. The van der Waals surface area contributed by atoms with E-state index in [1.54, 1.807) is 38.3 Å². The molecule has 2 amide bonds. The van der Waals surface area contributed by atoms with Gasteiger partial charge in [-0.3, -0.25) is 9.59 Å². The summed E-state index contributed by atoms with van der Waals surface area (Å²) in [5.74, 6) is -1.34. The molecule has 0 saturated heterocycles. The molecule has 0 aliphatic rings. The van der Waals surface area contributed by atoms with Gasteiger partial charge < -0.3 is 19.9 Å². The van der Waals surface area contributed by atoms with Gasteiger partial charge in [0, 0.05) is 5.69 Å². The lowest BCUT2D eigenvalue weighted by atomic mass is 10.1. The molecule has 9 heteroatoms. The third-order valence-electron chi connectivity index (χ3n) is 3.88. The van der Waals surface area contributed by atoms with Crippen LogP contribution in [0.1, 0.15) is 19.4 Å². The number of phenolic OH excluding ortho intramolecular Hbond substituents is 1. The molecule has 154 valence electrons. The molecule has 3 N–H and O–H groups in total. The number of hydrogen-bond acceptors (Lipinski definition) is 6. The number of benzene rings is 2. The molecule has 2 rings (SSSR count). The van der Waals surface area contributed by atoms with Crippen LogP contribution in [0.2, 0.25) is 5.02 Å². The maximum Gasteiger partial charge on any atom is 0.252 e. The van der Waals surface area contributed by atoms with Gasteiger partial charge in [0.05, 0.1) is 25.0 Å². The van der Waals surface area contributed by atoms with Crippen LogP contribution in [0.15, 0.2) is 41.5 Å². The zero-order chi connectivity index (χ0) is 21.4. The summed E-state index contributed by atoms with van der Waals surface area (Å²) in [6.07, 6.45) is 1.33. The predicted molar refractivity (Wildman–Crippen MR) is 111 cm³/mol. The molecule has 1 atom stereocenters. The van der Waals surface area contributed by atoms with E-state index in [-0.39, 0.29) is 16.5 Å². The number of phenols is 1. The summed E-state index contributed by atoms with van der Waals surface area (Å²) in [4.78, 5) is 24.4. The van der Waals surface area contributed by atoms with Crippen molar-refractivity contribution in [2.24, 2.45) is 11.0 Å². The normalized spacial score (nSPS) is 11.7. The Hall–Kier alpha value is -3.26. The van der Waals surface area contributed by atoms with Crippen LogP contribution in [-0.4, -0.2) is 36.9 Å². The molecule has 0 heterocycles. The molecule has 0 radical (unpaired) electrons. The fraction of sp³-hybridized carbons (Fsp3) is 0.250. The molecule has 0 aliphatic heterocycles. The molecule has 0 aliphatic carbocycles. The van der Waals surface area contributed by atoms with Crippen molar-refractivity contribution >= 4 is 35.3 Å². The largest absolute Gasteiger partial charge is 0.503 e. The number of amides is 2. The van der Waals surface area contributed by atoms with Crippen molar-refractivity contribution in [3.63, 3.8) is 0 Å². The van der Waals surface area contributed by atoms with E-state index in [1.165, 1.54) is 25.3 Å². The van der Waals surface area contributed by atoms with Gasteiger partial charge in [0.15, 0.2) is 11.5 Å². The first-order chi connectivity index (χ1) is 13.8. The fourth-order valence-corrected chi connectivity index (χ4v) is 2.46. The number of methoxy groups -OCH3 is 1. The van der Waals surface area contributed by atoms with Crippen molar-refractivity contribution in [2.45, 2.75) is 13.8 Å². The van der Waals surface area contributed by atoms with E-state index >= 15 is 0 Å². The lowest BCUT2D eigenvalue weighted by molar-refractivity contribution is -0.131. The Labute approximate surface area is 173 Å². The van der Waals surface area contributed by atoms with Crippen LogP contribution in [-0.2, 0) is 9.59 Å².